The van der Waals surface area contributed by atoms with Crippen LogP contribution in [0.4, 0.5) is 22.0 Å². The fourth-order valence-corrected chi connectivity index (χ4v) is 1.45. The normalized spacial score (nSPS) is 12.2. The summed E-state index contributed by atoms with van der Waals surface area (Å²) in [5.41, 5.74) is 1.55. The quantitative estimate of drug-likeness (QED) is 0.830. The van der Waals surface area contributed by atoms with Gasteiger partial charge in [-0.15, -0.1) is 0 Å². The summed E-state index contributed by atoms with van der Waals surface area (Å²) >= 11 is 5.28. The van der Waals surface area contributed by atoms with Crippen LogP contribution in [0.25, 0.3) is 0 Å². The molecule has 1 aromatic rings. The molecule has 0 spiro atoms. The summed E-state index contributed by atoms with van der Waals surface area (Å²) in [6.07, 6.45) is -7.56. The van der Waals surface area contributed by atoms with Gasteiger partial charge >= 0.3 is 6.18 Å². The van der Waals surface area contributed by atoms with E-state index in [0.29, 0.717) is 0 Å². The lowest BCUT2D eigenvalue weighted by molar-refractivity contribution is -0.140. The highest BCUT2D eigenvalue weighted by molar-refractivity contribution is 6.31. The summed E-state index contributed by atoms with van der Waals surface area (Å²) in [6, 6.07) is 0. The number of hydrogen-bond acceptors (Lipinski definition) is 2. The molecule has 1 aromatic heterocycles. The van der Waals surface area contributed by atoms with Crippen LogP contribution in [-0.4, -0.2) is 4.98 Å². The molecule has 0 fully saturated rings. The monoisotopic (exact) mass is 260 g/mol. The molecule has 0 bridgehead atoms. The van der Waals surface area contributed by atoms with Gasteiger partial charge in [-0.25, -0.2) is 8.78 Å². The lowest BCUT2D eigenvalue weighted by Gasteiger charge is -2.16. The van der Waals surface area contributed by atoms with E-state index in [9.17, 15) is 22.0 Å². The Kier molecular flexibility index (Phi) is 3.69. The van der Waals surface area contributed by atoms with Crippen molar-refractivity contribution in [2.75, 3.05) is 0 Å². The molecule has 1 heterocycles. The third kappa shape index (κ3) is 2.41. The standard InChI is InChI=1S/C8H6ClF5N2/c9-3-2-16-4(1-15)6(8(12,13)14)5(3)7(10)11/h2,7H,1,15H2. The number of nitrogens with two attached hydrogens (primary N) is 1. The van der Waals surface area contributed by atoms with Crippen LogP contribution in [0, 0.1) is 0 Å². The lowest BCUT2D eigenvalue weighted by Crippen LogP contribution is -2.17. The van der Waals surface area contributed by atoms with E-state index in [0.717, 1.165) is 6.20 Å². The van der Waals surface area contributed by atoms with Gasteiger partial charge in [-0.05, 0) is 0 Å². The number of nitrogens with zero attached hydrogens (tertiary/aromatic N) is 1. The zero-order valence-electron chi connectivity index (χ0n) is 7.65. The fourth-order valence-electron chi connectivity index (χ4n) is 1.23. The van der Waals surface area contributed by atoms with Crippen molar-refractivity contribution in [1.29, 1.82) is 0 Å². The molecular formula is C8H6ClF5N2. The van der Waals surface area contributed by atoms with Gasteiger partial charge in [-0.2, -0.15) is 13.2 Å². The van der Waals surface area contributed by atoms with Crippen LogP contribution in [-0.2, 0) is 12.7 Å². The number of aromatic nitrogens is 1. The first kappa shape index (κ1) is 13.1. The van der Waals surface area contributed by atoms with Gasteiger partial charge < -0.3 is 5.73 Å². The molecule has 0 aliphatic heterocycles. The van der Waals surface area contributed by atoms with Crippen LogP contribution in [0.1, 0.15) is 23.2 Å². The fraction of sp³-hybridized carbons (Fsp3) is 0.375. The summed E-state index contributed by atoms with van der Waals surface area (Å²) in [5.74, 6) is 0. The summed E-state index contributed by atoms with van der Waals surface area (Å²) in [4.78, 5) is 3.30. The Morgan fingerprint density at radius 2 is 1.94 bits per heavy atom. The van der Waals surface area contributed by atoms with Gasteiger partial charge in [-0.3, -0.25) is 4.98 Å². The molecular weight excluding hydrogens is 255 g/mol. The molecule has 8 heteroatoms. The van der Waals surface area contributed by atoms with E-state index in [1.807, 2.05) is 0 Å². The van der Waals surface area contributed by atoms with Gasteiger partial charge in [0, 0.05) is 12.7 Å². The van der Waals surface area contributed by atoms with E-state index in [2.05, 4.69) is 4.98 Å². The van der Waals surface area contributed by atoms with Gasteiger partial charge in [0.2, 0.25) is 0 Å². The highest BCUT2D eigenvalue weighted by Crippen LogP contribution is 2.40. The Bertz CT molecular complexity index is 391. The second-order valence-corrected chi connectivity index (χ2v) is 3.25. The molecule has 0 radical (unpaired) electrons. The Morgan fingerprint density at radius 1 is 1.38 bits per heavy atom. The van der Waals surface area contributed by atoms with Gasteiger partial charge in [-0.1, -0.05) is 11.6 Å². The smallest absolute Gasteiger partial charge is 0.325 e. The Morgan fingerprint density at radius 3 is 2.31 bits per heavy atom. The minimum Gasteiger partial charge on any atom is -0.325 e. The van der Waals surface area contributed by atoms with Gasteiger partial charge in [0.25, 0.3) is 6.43 Å². The zero-order valence-corrected chi connectivity index (χ0v) is 8.41. The second kappa shape index (κ2) is 4.50. The van der Waals surface area contributed by atoms with Gasteiger partial charge in [0.1, 0.15) is 0 Å². The molecule has 0 atom stereocenters. The molecule has 2 N–H and O–H groups in total. The SMILES string of the molecule is NCc1ncc(Cl)c(C(F)F)c1C(F)(F)F. The summed E-state index contributed by atoms with van der Waals surface area (Å²) < 4.78 is 62.6. The molecule has 90 valence electrons. The molecule has 0 aliphatic rings. The number of alkyl halides is 5. The van der Waals surface area contributed by atoms with E-state index >= 15 is 0 Å². The van der Waals surface area contributed by atoms with Crippen molar-refractivity contribution >= 4 is 11.6 Å². The maximum atomic E-state index is 12.5. The van der Waals surface area contributed by atoms with Crippen LogP contribution in [0.15, 0.2) is 6.20 Å². The van der Waals surface area contributed by atoms with Crippen molar-refractivity contribution in [3.63, 3.8) is 0 Å². The first-order valence-electron chi connectivity index (χ1n) is 4.01. The Hall–Kier alpha value is -0.950. The largest absolute Gasteiger partial charge is 0.418 e. The number of hydrogen-bond donors (Lipinski definition) is 1. The predicted molar refractivity (Wildman–Crippen MR) is 47.1 cm³/mol. The van der Waals surface area contributed by atoms with Gasteiger partial charge in [0.15, 0.2) is 0 Å². The first-order valence-corrected chi connectivity index (χ1v) is 4.39. The minimum atomic E-state index is -4.96. The third-order valence-electron chi connectivity index (χ3n) is 1.84. The summed E-state index contributed by atoms with van der Waals surface area (Å²) in [7, 11) is 0. The maximum absolute atomic E-state index is 12.5. The van der Waals surface area contributed by atoms with Crippen molar-refractivity contribution in [3.8, 4) is 0 Å². The summed E-state index contributed by atoms with van der Waals surface area (Å²) in [5, 5.41) is -0.723. The number of halogens is 6. The molecule has 16 heavy (non-hydrogen) atoms. The van der Waals surface area contributed by atoms with Crippen molar-refractivity contribution < 1.29 is 22.0 Å². The molecule has 0 unspecified atom stereocenters. The van der Waals surface area contributed by atoms with Crippen LogP contribution < -0.4 is 5.73 Å². The second-order valence-electron chi connectivity index (χ2n) is 2.84. The molecule has 1 rings (SSSR count). The molecule has 0 aromatic carbocycles. The highest BCUT2D eigenvalue weighted by atomic mass is 35.5. The molecule has 2 nitrogen and oxygen atoms in total. The van der Waals surface area contributed by atoms with E-state index < -0.39 is 41.0 Å². The van der Waals surface area contributed by atoms with Crippen LogP contribution in [0.5, 0.6) is 0 Å². The zero-order chi connectivity index (χ0) is 12.5. The molecule has 0 saturated carbocycles. The van der Waals surface area contributed by atoms with E-state index in [1.165, 1.54) is 0 Å². The van der Waals surface area contributed by atoms with Gasteiger partial charge in [0.05, 0.1) is 21.8 Å². The van der Waals surface area contributed by atoms with Crippen molar-refractivity contribution in [2.24, 2.45) is 5.73 Å². The average molecular weight is 261 g/mol. The van der Waals surface area contributed by atoms with E-state index in [4.69, 9.17) is 17.3 Å². The number of pyridine rings is 1. The highest BCUT2D eigenvalue weighted by Gasteiger charge is 2.40. The summed E-state index contributed by atoms with van der Waals surface area (Å²) in [6.45, 7) is -0.592. The minimum absolute atomic E-state index is 0.592. The predicted octanol–water partition coefficient (Wildman–Crippen LogP) is 3.15. The first-order chi connectivity index (χ1) is 7.29. The van der Waals surface area contributed by atoms with Crippen molar-refractivity contribution in [3.05, 3.63) is 28.0 Å². The third-order valence-corrected chi connectivity index (χ3v) is 2.15. The molecule has 0 amide bonds. The Balaban J connectivity index is 3.56. The van der Waals surface area contributed by atoms with Crippen LogP contribution in [0.3, 0.4) is 0 Å². The number of rotatable bonds is 2. The van der Waals surface area contributed by atoms with E-state index in [-0.39, 0.29) is 0 Å². The Labute approximate surface area is 92.2 Å². The lowest BCUT2D eigenvalue weighted by atomic mass is 10.1. The topological polar surface area (TPSA) is 38.9 Å². The van der Waals surface area contributed by atoms with Crippen LogP contribution >= 0.6 is 11.6 Å². The average Bonchev–Trinajstić information content (AvgIpc) is 2.15. The molecule has 0 aliphatic carbocycles. The van der Waals surface area contributed by atoms with E-state index in [1.54, 1.807) is 0 Å². The molecule has 0 saturated heterocycles. The van der Waals surface area contributed by atoms with Crippen molar-refractivity contribution in [1.82, 2.24) is 4.98 Å². The van der Waals surface area contributed by atoms with Crippen molar-refractivity contribution in [2.45, 2.75) is 19.1 Å². The van der Waals surface area contributed by atoms with Crippen LogP contribution in [0.2, 0.25) is 5.02 Å². The maximum Gasteiger partial charge on any atom is 0.418 e.